The van der Waals surface area contributed by atoms with Gasteiger partial charge in [0.05, 0.1) is 22.6 Å². The quantitative estimate of drug-likeness (QED) is 0.179. The van der Waals surface area contributed by atoms with Crippen molar-refractivity contribution in [1.82, 2.24) is 9.78 Å². The summed E-state index contributed by atoms with van der Waals surface area (Å²) in [5.41, 5.74) is 3.79. The molecule has 1 heterocycles. The van der Waals surface area contributed by atoms with Crippen molar-refractivity contribution in [1.29, 1.82) is 5.26 Å². The summed E-state index contributed by atoms with van der Waals surface area (Å²) in [5.74, 6) is -0.808. The summed E-state index contributed by atoms with van der Waals surface area (Å²) in [6, 6.07) is 34.9. The van der Waals surface area contributed by atoms with Crippen molar-refractivity contribution in [2.75, 3.05) is 5.32 Å². The number of alkyl halides is 3. The van der Waals surface area contributed by atoms with Crippen LogP contribution in [0.2, 0.25) is 0 Å². The summed E-state index contributed by atoms with van der Waals surface area (Å²) < 4.78 is 40.8. The molecule has 0 atom stereocenters. The number of hydrogen-bond donors (Lipinski definition) is 1. The van der Waals surface area contributed by atoms with Crippen LogP contribution in [0.5, 0.6) is 0 Å². The van der Waals surface area contributed by atoms with E-state index in [1.807, 2.05) is 89.6 Å². The van der Waals surface area contributed by atoms with E-state index in [2.05, 4.69) is 5.32 Å². The van der Waals surface area contributed by atoms with Crippen LogP contribution in [0.4, 0.5) is 18.9 Å². The van der Waals surface area contributed by atoms with Crippen molar-refractivity contribution in [2.24, 2.45) is 0 Å². The lowest BCUT2D eigenvalue weighted by Gasteiger charge is -2.10. The van der Waals surface area contributed by atoms with Crippen molar-refractivity contribution in [2.45, 2.75) is 6.18 Å². The maximum atomic E-state index is 13.0. The highest BCUT2D eigenvalue weighted by atomic mass is 19.4. The highest BCUT2D eigenvalue weighted by Crippen LogP contribution is 2.31. The van der Waals surface area contributed by atoms with Crippen molar-refractivity contribution >= 4 is 17.7 Å². The summed E-state index contributed by atoms with van der Waals surface area (Å²) in [6.07, 6.45) is -3.17. The number of halogens is 3. The third-order valence-electron chi connectivity index (χ3n) is 6.11. The molecule has 1 amide bonds. The van der Waals surface area contributed by atoms with Crippen molar-refractivity contribution < 1.29 is 18.0 Å². The maximum absolute atomic E-state index is 13.0. The zero-order valence-electron chi connectivity index (χ0n) is 20.9. The maximum Gasteiger partial charge on any atom is 0.416 e. The molecule has 5 rings (SSSR count). The minimum absolute atomic E-state index is 0.0577. The average molecular weight is 535 g/mol. The number of carbonyl (C=O) groups is 1. The van der Waals surface area contributed by atoms with Gasteiger partial charge in [-0.3, -0.25) is 4.79 Å². The summed E-state index contributed by atoms with van der Waals surface area (Å²) in [7, 11) is 0. The molecule has 0 saturated heterocycles. The molecule has 0 bridgehead atoms. The molecule has 0 unspecified atom stereocenters. The smallest absolute Gasteiger partial charge is 0.321 e. The van der Waals surface area contributed by atoms with Gasteiger partial charge in [0.25, 0.3) is 5.91 Å². The van der Waals surface area contributed by atoms with Crippen molar-refractivity contribution in [3.8, 4) is 34.3 Å². The zero-order valence-corrected chi connectivity index (χ0v) is 20.9. The Hall–Kier alpha value is -5.42. The van der Waals surface area contributed by atoms with Crippen LogP contribution in [0.1, 0.15) is 11.1 Å². The fourth-order valence-electron chi connectivity index (χ4n) is 4.14. The molecule has 8 heteroatoms. The second-order valence-corrected chi connectivity index (χ2v) is 8.85. The highest BCUT2D eigenvalue weighted by Gasteiger charge is 2.30. The molecule has 0 saturated carbocycles. The topological polar surface area (TPSA) is 70.7 Å². The van der Waals surface area contributed by atoms with Gasteiger partial charge in [0.2, 0.25) is 0 Å². The second kappa shape index (κ2) is 11.1. The lowest BCUT2D eigenvalue weighted by Crippen LogP contribution is -2.14. The largest absolute Gasteiger partial charge is 0.416 e. The predicted octanol–water partition coefficient (Wildman–Crippen LogP) is 7.77. The number of nitrogens with one attached hydrogen (secondary N) is 1. The third-order valence-corrected chi connectivity index (χ3v) is 6.11. The Labute approximate surface area is 228 Å². The summed E-state index contributed by atoms with van der Waals surface area (Å²) >= 11 is 0. The Morgan fingerprint density at radius 2 is 1.48 bits per heavy atom. The van der Waals surface area contributed by atoms with Crippen LogP contribution >= 0.6 is 0 Å². The number of aromatic nitrogens is 2. The SMILES string of the molecule is N#CC(=Cc1ccc(-n2nc(-c3ccccc3)cc2-c2ccccc2)cc1)C(=O)Nc1cccc(C(F)(F)F)c1. The van der Waals surface area contributed by atoms with E-state index in [0.717, 1.165) is 40.3 Å². The van der Waals surface area contributed by atoms with Crippen LogP contribution in [0.3, 0.4) is 0 Å². The van der Waals surface area contributed by atoms with Crippen LogP contribution in [-0.2, 0) is 11.0 Å². The average Bonchev–Trinajstić information content (AvgIpc) is 3.42. The Balaban J connectivity index is 1.42. The van der Waals surface area contributed by atoms with Crippen LogP contribution in [0, 0.1) is 11.3 Å². The minimum atomic E-state index is -4.55. The van der Waals surface area contributed by atoms with E-state index in [4.69, 9.17) is 5.10 Å². The summed E-state index contributed by atoms with van der Waals surface area (Å²) in [4.78, 5) is 12.6. The molecule has 0 radical (unpaired) electrons. The van der Waals surface area contributed by atoms with Gasteiger partial charge in [0, 0.05) is 16.8 Å². The number of benzene rings is 4. The van der Waals surface area contributed by atoms with E-state index in [1.165, 1.54) is 18.2 Å². The Morgan fingerprint density at radius 1 is 0.825 bits per heavy atom. The number of nitrogens with zero attached hydrogens (tertiary/aromatic N) is 3. The van der Waals surface area contributed by atoms with Crippen molar-refractivity contribution in [3.63, 3.8) is 0 Å². The number of anilines is 1. The Kier molecular flexibility index (Phi) is 7.29. The molecule has 1 N–H and O–H groups in total. The van der Waals surface area contributed by atoms with E-state index < -0.39 is 17.6 Å². The first-order valence-electron chi connectivity index (χ1n) is 12.2. The van der Waals surface area contributed by atoms with E-state index in [-0.39, 0.29) is 11.3 Å². The first-order chi connectivity index (χ1) is 19.3. The van der Waals surface area contributed by atoms with Gasteiger partial charge >= 0.3 is 6.18 Å². The van der Waals surface area contributed by atoms with Gasteiger partial charge in [-0.2, -0.15) is 23.5 Å². The molecule has 0 aliphatic heterocycles. The van der Waals surface area contributed by atoms with Gasteiger partial charge in [-0.15, -0.1) is 0 Å². The predicted molar refractivity (Wildman–Crippen MR) is 148 cm³/mol. The molecule has 0 fully saturated rings. The van der Waals surface area contributed by atoms with Gasteiger partial charge in [-0.05, 0) is 48.0 Å². The lowest BCUT2D eigenvalue weighted by atomic mass is 10.1. The van der Waals surface area contributed by atoms with Crippen LogP contribution in [0.25, 0.3) is 34.3 Å². The normalized spacial score (nSPS) is 11.6. The minimum Gasteiger partial charge on any atom is -0.321 e. The molecule has 4 aromatic carbocycles. The third kappa shape index (κ3) is 5.84. The van der Waals surface area contributed by atoms with E-state index in [9.17, 15) is 23.2 Å². The molecular formula is C32H21F3N4O. The first kappa shape index (κ1) is 26.2. The standard InChI is InChI=1S/C32H21F3N4O/c33-32(34,35)26-12-7-13-27(19-26)37-31(40)25(21-36)18-22-14-16-28(17-15-22)39-30(24-10-5-2-6-11-24)20-29(38-39)23-8-3-1-4-9-23/h1-20H,(H,37,40). The Morgan fingerprint density at radius 3 is 2.10 bits per heavy atom. The molecule has 0 aliphatic rings. The van der Waals surface area contributed by atoms with Gasteiger partial charge < -0.3 is 5.32 Å². The number of nitriles is 1. The molecule has 40 heavy (non-hydrogen) atoms. The monoisotopic (exact) mass is 534 g/mol. The number of carbonyl (C=O) groups excluding carboxylic acids is 1. The molecule has 5 aromatic rings. The number of rotatable bonds is 6. The number of amides is 1. The van der Waals surface area contributed by atoms with E-state index >= 15 is 0 Å². The second-order valence-electron chi connectivity index (χ2n) is 8.85. The molecule has 1 aromatic heterocycles. The summed E-state index contributed by atoms with van der Waals surface area (Å²) in [6.45, 7) is 0. The van der Waals surface area contributed by atoms with E-state index in [0.29, 0.717) is 5.56 Å². The van der Waals surface area contributed by atoms with Crippen LogP contribution in [0.15, 0.2) is 121 Å². The summed E-state index contributed by atoms with van der Waals surface area (Å²) in [5, 5.41) is 16.8. The first-order valence-corrected chi connectivity index (χ1v) is 12.2. The van der Waals surface area contributed by atoms with Crippen LogP contribution < -0.4 is 5.32 Å². The molecule has 5 nitrogen and oxygen atoms in total. The molecule has 0 aliphatic carbocycles. The number of hydrogen-bond acceptors (Lipinski definition) is 3. The highest BCUT2D eigenvalue weighted by molar-refractivity contribution is 6.09. The van der Waals surface area contributed by atoms with E-state index in [1.54, 1.807) is 12.1 Å². The fourth-order valence-corrected chi connectivity index (χ4v) is 4.14. The molecule has 196 valence electrons. The lowest BCUT2D eigenvalue weighted by molar-refractivity contribution is -0.137. The molecule has 0 spiro atoms. The zero-order chi connectivity index (χ0) is 28.1. The van der Waals surface area contributed by atoms with Gasteiger partial charge in [-0.25, -0.2) is 4.68 Å². The fraction of sp³-hybridized carbons (Fsp3) is 0.0312. The van der Waals surface area contributed by atoms with Gasteiger partial charge in [0.15, 0.2) is 0 Å². The van der Waals surface area contributed by atoms with Crippen molar-refractivity contribution in [3.05, 3.63) is 132 Å². The van der Waals surface area contributed by atoms with Gasteiger partial charge in [-0.1, -0.05) is 78.9 Å². The Bertz CT molecular complexity index is 1720. The molecular weight excluding hydrogens is 513 g/mol. The van der Waals surface area contributed by atoms with Crippen LogP contribution in [-0.4, -0.2) is 15.7 Å². The van der Waals surface area contributed by atoms with Gasteiger partial charge in [0.1, 0.15) is 11.6 Å².